The van der Waals surface area contributed by atoms with Crippen LogP contribution in [0.4, 0.5) is 5.69 Å². The van der Waals surface area contributed by atoms with Crippen LogP contribution in [0.25, 0.3) is 0 Å². The molecule has 0 saturated carbocycles. The van der Waals surface area contributed by atoms with Crippen molar-refractivity contribution >= 4 is 37.5 Å². The molecule has 0 aromatic heterocycles. The Morgan fingerprint density at radius 1 is 1.28 bits per heavy atom. The van der Waals surface area contributed by atoms with Gasteiger partial charge in [-0.05, 0) is 43.0 Å². The second kappa shape index (κ2) is 6.95. The number of anilines is 1. The van der Waals surface area contributed by atoms with Gasteiger partial charge in [0.05, 0.1) is 0 Å². The zero-order valence-corrected chi connectivity index (χ0v) is 14.1. The van der Waals surface area contributed by atoms with Crippen LogP contribution in [0.1, 0.15) is 44.6 Å². The second-order valence-corrected chi connectivity index (χ2v) is 6.49. The Kier molecular flexibility index (Phi) is 5.56. The number of hydrogen-bond donors (Lipinski definition) is 0. The highest BCUT2D eigenvalue weighted by atomic mass is 79.9. The molecule has 1 aliphatic rings. The van der Waals surface area contributed by atoms with Crippen molar-refractivity contribution in [2.45, 2.75) is 50.4 Å². The maximum absolute atomic E-state index is 3.62. The lowest BCUT2D eigenvalue weighted by atomic mass is 10.1. The SMILES string of the molecule is CCC1CCCCCN1c1ccc(Br)cc1CBr. The van der Waals surface area contributed by atoms with Gasteiger partial charge < -0.3 is 4.90 Å². The van der Waals surface area contributed by atoms with Crippen molar-refractivity contribution in [1.29, 1.82) is 0 Å². The van der Waals surface area contributed by atoms with Crippen LogP contribution >= 0.6 is 31.9 Å². The average molecular weight is 375 g/mol. The first-order valence-electron chi connectivity index (χ1n) is 6.87. The van der Waals surface area contributed by atoms with Gasteiger partial charge in [0, 0.05) is 28.1 Å². The summed E-state index contributed by atoms with van der Waals surface area (Å²) in [7, 11) is 0. The third-order valence-electron chi connectivity index (χ3n) is 3.84. The summed E-state index contributed by atoms with van der Waals surface area (Å²) in [6.45, 7) is 3.52. The topological polar surface area (TPSA) is 3.24 Å². The molecule has 1 aliphatic heterocycles. The van der Waals surface area contributed by atoms with Gasteiger partial charge in [0.2, 0.25) is 0 Å². The third kappa shape index (κ3) is 3.30. The summed E-state index contributed by atoms with van der Waals surface area (Å²) in [5.74, 6) is 0. The van der Waals surface area contributed by atoms with E-state index in [1.165, 1.54) is 54.4 Å². The van der Waals surface area contributed by atoms with Gasteiger partial charge in [0.25, 0.3) is 0 Å². The first kappa shape index (κ1) is 14.4. The van der Waals surface area contributed by atoms with Gasteiger partial charge in [-0.15, -0.1) is 0 Å². The van der Waals surface area contributed by atoms with E-state index >= 15 is 0 Å². The monoisotopic (exact) mass is 373 g/mol. The number of halogens is 2. The van der Waals surface area contributed by atoms with Gasteiger partial charge in [-0.3, -0.25) is 0 Å². The minimum Gasteiger partial charge on any atom is -0.368 e. The van der Waals surface area contributed by atoms with E-state index in [0.717, 1.165) is 5.33 Å². The number of benzene rings is 1. The summed E-state index contributed by atoms with van der Waals surface area (Å²) in [5, 5.41) is 0.925. The zero-order chi connectivity index (χ0) is 13.0. The minimum absolute atomic E-state index is 0.714. The van der Waals surface area contributed by atoms with E-state index in [-0.39, 0.29) is 0 Å². The lowest BCUT2D eigenvalue weighted by molar-refractivity contribution is 0.555. The predicted molar refractivity (Wildman–Crippen MR) is 86.7 cm³/mol. The van der Waals surface area contributed by atoms with Crippen LogP contribution < -0.4 is 4.90 Å². The molecule has 100 valence electrons. The molecule has 0 spiro atoms. The van der Waals surface area contributed by atoms with E-state index < -0.39 is 0 Å². The van der Waals surface area contributed by atoms with Crippen molar-refractivity contribution in [1.82, 2.24) is 0 Å². The third-order valence-corrected chi connectivity index (χ3v) is 4.94. The highest BCUT2D eigenvalue weighted by Gasteiger charge is 2.21. The summed E-state index contributed by atoms with van der Waals surface area (Å²) in [4.78, 5) is 2.63. The van der Waals surface area contributed by atoms with Crippen LogP contribution in [0.2, 0.25) is 0 Å². The Bertz CT molecular complexity index is 392. The maximum Gasteiger partial charge on any atom is 0.0410 e. The molecule has 1 saturated heterocycles. The summed E-state index contributed by atoms with van der Waals surface area (Å²) in [6, 6.07) is 7.39. The normalized spacial score (nSPS) is 20.8. The first-order valence-corrected chi connectivity index (χ1v) is 8.78. The number of hydrogen-bond acceptors (Lipinski definition) is 1. The van der Waals surface area contributed by atoms with Crippen molar-refractivity contribution in [3.63, 3.8) is 0 Å². The Balaban J connectivity index is 2.32. The Morgan fingerprint density at radius 3 is 2.83 bits per heavy atom. The van der Waals surface area contributed by atoms with Crippen molar-refractivity contribution in [2.24, 2.45) is 0 Å². The highest BCUT2D eigenvalue weighted by molar-refractivity contribution is 9.10. The molecular formula is C15H21Br2N. The van der Waals surface area contributed by atoms with Crippen LogP contribution in [0.15, 0.2) is 22.7 Å². The Hall–Kier alpha value is -0.0200. The van der Waals surface area contributed by atoms with Gasteiger partial charge in [-0.25, -0.2) is 0 Å². The van der Waals surface area contributed by atoms with Gasteiger partial charge in [0.1, 0.15) is 0 Å². The molecule has 0 bridgehead atoms. The summed E-state index contributed by atoms with van der Waals surface area (Å²) in [6.07, 6.45) is 6.68. The fourth-order valence-electron chi connectivity index (χ4n) is 2.86. The second-order valence-electron chi connectivity index (χ2n) is 5.01. The zero-order valence-electron chi connectivity index (χ0n) is 11.0. The van der Waals surface area contributed by atoms with Gasteiger partial charge in [-0.2, -0.15) is 0 Å². The minimum atomic E-state index is 0.714. The van der Waals surface area contributed by atoms with E-state index in [4.69, 9.17) is 0 Å². The summed E-state index contributed by atoms with van der Waals surface area (Å²) >= 11 is 7.19. The molecule has 1 atom stereocenters. The molecular weight excluding hydrogens is 354 g/mol. The molecule has 1 aromatic rings. The Morgan fingerprint density at radius 2 is 2.11 bits per heavy atom. The van der Waals surface area contributed by atoms with Crippen LogP contribution in [0, 0.1) is 0 Å². The molecule has 18 heavy (non-hydrogen) atoms. The molecule has 0 amide bonds. The van der Waals surface area contributed by atoms with E-state index in [1.807, 2.05) is 0 Å². The Labute approximate surface area is 127 Å². The number of nitrogens with zero attached hydrogens (tertiary/aromatic N) is 1. The standard InChI is InChI=1S/C15H21Br2N/c1-2-14-6-4-3-5-9-18(14)15-8-7-13(17)10-12(15)11-16/h7-8,10,14H,2-6,9,11H2,1H3. The van der Waals surface area contributed by atoms with Crippen molar-refractivity contribution in [2.75, 3.05) is 11.4 Å². The van der Waals surface area contributed by atoms with Crippen molar-refractivity contribution in [3.05, 3.63) is 28.2 Å². The van der Waals surface area contributed by atoms with Crippen LogP contribution in [0.5, 0.6) is 0 Å². The summed E-state index contributed by atoms with van der Waals surface area (Å²) in [5.41, 5.74) is 2.81. The predicted octanol–water partition coefficient (Wildman–Crippen LogP) is 5.50. The van der Waals surface area contributed by atoms with Gasteiger partial charge in [-0.1, -0.05) is 51.6 Å². The smallest absolute Gasteiger partial charge is 0.0410 e. The van der Waals surface area contributed by atoms with Crippen LogP contribution in [0.3, 0.4) is 0 Å². The average Bonchev–Trinajstić information content (AvgIpc) is 2.63. The van der Waals surface area contributed by atoms with Crippen molar-refractivity contribution < 1.29 is 0 Å². The lowest BCUT2D eigenvalue weighted by Gasteiger charge is -2.33. The van der Waals surface area contributed by atoms with Crippen molar-refractivity contribution in [3.8, 4) is 0 Å². The first-order chi connectivity index (χ1) is 8.76. The van der Waals surface area contributed by atoms with E-state index in [9.17, 15) is 0 Å². The molecule has 0 aliphatic carbocycles. The molecule has 0 N–H and O–H groups in total. The maximum atomic E-state index is 3.62. The molecule has 1 nitrogen and oxygen atoms in total. The molecule has 1 fully saturated rings. The summed E-state index contributed by atoms with van der Waals surface area (Å²) < 4.78 is 1.17. The number of rotatable bonds is 3. The lowest BCUT2D eigenvalue weighted by Crippen LogP contribution is -2.35. The fraction of sp³-hybridized carbons (Fsp3) is 0.600. The quantitative estimate of drug-likeness (QED) is 0.631. The van der Waals surface area contributed by atoms with Crippen LogP contribution in [-0.2, 0) is 5.33 Å². The van der Waals surface area contributed by atoms with E-state index in [1.54, 1.807) is 0 Å². The molecule has 1 unspecified atom stereocenters. The molecule has 2 rings (SSSR count). The largest absolute Gasteiger partial charge is 0.368 e. The van der Waals surface area contributed by atoms with Crippen LogP contribution in [-0.4, -0.2) is 12.6 Å². The van der Waals surface area contributed by atoms with E-state index in [0.29, 0.717) is 6.04 Å². The van der Waals surface area contributed by atoms with Gasteiger partial charge >= 0.3 is 0 Å². The molecule has 1 heterocycles. The highest BCUT2D eigenvalue weighted by Crippen LogP contribution is 2.31. The van der Waals surface area contributed by atoms with Gasteiger partial charge in [0.15, 0.2) is 0 Å². The fourth-order valence-corrected chi connectivity index (χ4v) is 3.72. The molecule has 0 radical (unpaired) electrons. The molecule has 3 heteroatoms. The molecule has 1 aromatic carbocycles. The van der Waals surface area contributed by atoms with E-state index in [2.05, 4.69) is 61.9 Å². The number of alkyl halides is 1.